The number of nitrogens with one attached hydrogen (secondary N) is 1. The van der Waals surface area contributed by atoms with Crippen LogP contribution in [0.25, 0.3) is 0 Å². The Morgan fingerprint density at radius 2 is 1.92 bits per heavy atom. The highest BCUT2D eigenvalue weighted by molar-refractivity contribution is 5.95. The zero-order valence-corrected chi connectivity index (χ0v) is 13.0. The molecule has 6 heteroatoms. The van der Waals surface area contributed by atoms with Gasteiger partial charge in [0.2, 0.25) is 0 Å². The van der Waals surface area contributed by atoms with Gasteiger partial charge in [0.15, 0.2) is 0 Å². The molecule has 0 aromatic heterocycles. The first-order valence-electron chi connectivity index (χ1n) is 7.68. The number of nitrogen functional groups attached to an aromatic ring is 1. The summed E-state index contributed by atoms with van der Waals surface area (Å²) >= 11 is 0. The van der Waals surface area contributed by atoms with Crippen molar-refractivity contribution in [3.05, 3.63) is 59.7 Å². The summed E-state index contributed by atoms with van der Waals surface area (Å²) in [6.45, 7) is 0.369. The van der Waals surface area contributed by atoms with Gasteiger partial charge in [-0.05, 0) is 23.8 Å². The fourth-order valence-electron chi connectivity index (χ4n) is 2.59. The molecule has 1 aliphatic carbocycles. The number of anilines is 1. The first kappa shape index (κ1) is 16.2. The van der Waals surface area contributed by atoms with E-state index >= 15 is 0 Å². The molecule has 0 spiro atoms. The van der Waals surface area contributed by atoms with Crippen LogP contribution in [-0.2, 0) is 6.61 Å². The van der Waals surface area contributed by atoms with Crippen molar-refractivity contribution in [1.82, 2.24) is 5.32 Å². The largest absolute Gasteiger partial charge is 0.487 e. The number of halogens is 2. The number of nitrogens with two attached hydrogens (primary N) is 1. The van der Waals surface area contributed by atoms with Crippen LogP contribution in [0.4, 0.5) is 14.5 Å². The summed E-state index contributed by atoms with van der Waals surface area (Å²) in [6, 6.07) is 13.8. The van der Waals surface area contributed by atoms with Gasteiger partial charge >= 0.3 is 0 Å². The third-order valence-corrected chi connectivity index (χ3v) is 3.93. The molecule has 2 aromatic carbocycles. The third kappa shape index (κ3) is 3.82. The molecule has 0 saturated heterocycles. The predicted octanol–water partition coefficient (Wildman–Crippen LogP) is 3.38. The first-order valence-corrected chi connectivity index (χ1v) is 7.68. The molecular formula is C18H18F2N2O2. The number of rotatable bonds is 5. The Morgan fingerprint density at radius 3 is 2.54 bits per heavy atom. The summed E-state index contributed by atoms with van der Waals surface area (Å²) in [5.74, 6) is -2.59. The lowest BCUT2D eigenvalue weighted by molar-refractivity contribution is -0.0901. The number of amides is 1. The zero-order chi connectivity index (χ0) is 17.2. The fraction of sp³-hybridized carbons (Fsp3) is 0.278. The van der Waals surface area contributed by atoms with Crippen LogP contribution in [0.5, 0.6) is 5.75 Å². The normalized spacial score (nSPS) is 16.2. The summed E-state index contributed by atoms with van der Waals surface area (Å²) < 4.78 is 31.2. The molecule has 126 valence electrons. The highest BCUT2D eigenvalue weighted by Gasteiger charge is 2.45. The minimum Gasteiger partial charge on any atom is -0.487 e. The number of hydrogen-bond acceptors (Lipinski definition) is 3. The maximum absolute atomic E-state index is 12.8. The van der Waals surface area contributed by atoms with Crippen molar-refractivity contribution in [3.8, 4) is 5.75 Å². The summed E-state index contributed by atoms with van der Waals surface area (Å²) in [5, 5.41) is 2.58. The van der Waals surface area contributed by atoms with Crippen LogP contribution >= 0.6 is 0 Å². The van der Waals surface area contributed by atoms with E-state index in [1.165, 1.54) is 6.07 Å². The Bertz CT molecular complexity index is 727. The molecule has 24 heavy (non-hydrogen) atoms. The molecule has 4 nitrogen and oxygen atoms in total. The first-order chi connectivity index (χ1) is 11.4. The average molecular weight is 332 g/mol. The molecule has 2 aromatic rings. The van der Waals surface area contributed by atoms with Crippen molar-refractivity contribution in [2.45, 2.75) is 31.4 Å². The van der Waals surface area contributed by atoms with Crippen molar-refractivity contribution >= 4 is 11.6 Å². The second-order valence-corrected chi connectivity index (χ2v) is 5.96. The molecule has 3 rings (SSSR count). The molecular weight excluding hydrogens is 314 g/mol. The fourth-order valence-corrected chi connectivity index (χ4v) is 2.59. The Hall–Kier alpha value is -2.63. The topological polar surface area (TPSA) is 64.4 Å². The molecule has 3 N–H and O–H groups in total. The van der Waals surface area contributed by atoms with Crippen LogP contribution in [0, 0.1) is 0 Å². The number of carbonyl (C=O) groups excluding carboxylic acids is 1. The van der Waals surface area contributed by atoms with E-state index in [1.54, 1.807) is 12.1 Å². The van der Waals surface area contributed by atoms with E-state index in [-0.39, 0.29) is 12.8 Å². The minimum atomic E-state index is -2.66. The van der Waals surface area contributed by atoms with Crippen molar-refractivity contribution in [2.24, 2.45) is 0 Å². The van der Waals surface area contributed by atoms with Gasteiger partial charge in [-0.1, -0.05) is 30.3 Å². The number of alkyl halides is 2. The molecule has 0 atom stereocenters. The van der Waals surface area contributed by atoms with E-state index in [0.29, 0.717) is 23.6 Å². The quantitative estimate of drug-likeness (QED) is 0.825. The monoisotopic (exact) mass is 332 g/mol. The van der Waals surface area contributed by atoms with Crippen molar-refractivity contribution in [2.75, 3.05) is 5.73 Å². The SMILES string of the molecule is Nc1cc(C(=O)NC2CC(F)(F)C2)ccc1OCc1ccccc1. The second-order valence-electron chi connectivity index (χ2n) is 5.96. The number of ether oxygens (including phenoxy) is 1. The summed E-state index contributed by atoms with van der Waals surface area (Å²) in [7, 11) is 0. The zero-order valence-electron chi connectivity index (χ0n) is 13.0. The minimum absolute atomic E-state index is 0.313. The van der Waals surface area contributed by atoms with Crippen molar-refractivity contribution in [1.29, 1.82) is 0 Å². The van der Waals surface area contributed by atoms with Crippen LogP contribution < -0.4 is 15.8 Å². The van der Waals surface area contributed by atoms with Gasteiger partial charge in [0.25, 0.3) is 11.8 Å². The molecule has 1 aliphatic rings. The molecule has 1 fully saturated rings. The van der Waals surface area contributed by atoms with Gasteiger partial charge in [0, 0.05) is 24.4 Å². The van der Waals surface area contributed by atoms with Crippen molar-refractivity contribution in [3.63, 3.8) is 0 Å². The van der Waals surface area contributed by atoms with Gasteiger partial charge in [-0.25, -0.2) is 8.78 Å². The Labute approximate surface area is 138 Å². The Balaban J connectivity index is 1.59. The van der Waals surface area contributed by atoms with E-state index in [9.17, 15) is 13.6 Å². The Morgan fingerprint density at radius 1 is 1.21 bits per heavy atom. The van der Waals surface area contributed by atoms with Crippen LogP contribution in [0.3, 0.4) is 0 Å². The van der Waals surface area contributed by atoms with E-state index in [2.05, 4.69) is 5.32 Å². The standard InChI is InChI=1S/C18H18F2N2O2/c19-18(20)9-14(10-18)22-17(23)13-6-7-16(15(21)8-13)24-11-12-4-2-1-3-5-12/h1-8,14H,9-11,21H2,(H,22,23). The van der Waals surface area contributed by atoms with Crippen LogP contribution in [-0.4, -0.2) is 17.9 Å². The van der Waals surface area contributed by atoms with E-state index in [0.717, 1.165) is 5.56 Å². The lowest BCUT2D eigenvalue weighted by atomic mass is 9.88. The van der Waals surface area contributed by atoms with Gasteiger partial charge in [0.05, 0.1) is 5.69 Å². The molecule has 0 heterocycles. The van der Waals surface area contributed by atoms with E-state index in [4.69, 9.17) is 10.5 Å². The number of carbonyl (C=O) groups is 1. The van der Waals surface area contributed by atoms with E-state index < -0.39 is 17.9 Å². The summed E-state index contributed by atoms with van der Waals surface area (Å²) in [6.07, 6.45) is -0.626. The molecule has 0 radical (unpaired) electrons. The maximum atomic E-state index is 12.8. The highest BCUT2D eigenvalue weighted by Crippen LogP contribution is 2.37. The molecule has 0 unspecified atom stereocenters. The molecule has 1 amide bonds. The van der Waals surface area contributed by atoms with Crippen molar-refractivity contribution < 1.29 is 18.3 Å². The second kappa shape index (κ2) is 6.47. The highest BCUT2D eigenvalue weighted by atomic mass is 19.3. The molecule has 0 aliphatic heterocycles. The third-order valence-electron chi connectivity index (χ3n) is 3.93. The average Bonchev–Trinajstić information content (AvgIpc) is 2.53. The van der Waals surface area contributed by atoms with Gasteiger partial charge in [0.1, 0.15) is 12.4 Å². The molecule has 0 bridgehead atoms. The summed E-state index contributed by atoms with van der Waals surface area (Å²) in [5.41, 5.74) is 7.58. The lowest BCUT2D eigenvalue weighted by Gasteiger charge is -2.35. The predicted molar refractivity (Wildman–Crippen MR) is 87.1 cm³/mol. The van der Waals surface area contributed by atoms with Gasteiger partial charge in [-0.2, -0.15) is 0 Å². The van der Waals surface area contributed by atoms with Gasteiger partial charge in [-0.3, -0.25) is 4.79 Å². The van der Waals surface area contributed by atoms with E-state index in [1.807, 2.05) is 30.3 Å². The lowest BCUT2D eigenvalue weighted by Crippen LogP contribution is -2.50. The maximum Gasteiger partial charge on any atom is 0.252 e. The van der Waals surface area contributed by atoms with Gasteiger partial charge < -0.3 is 15.8 Å². The van der Waals surface area contributed by atoms with Crippen LogP contribution in [0.2, 0.25) is 0 Å². The number of benzene rings is 2. The summed E-state index contributed by atoms with van der Waals surface area (Å²) in [4.78, 5) is 12.0. The van der Waals surface area contributed by atoms with Crippen LogP contribution in [0.1, 0.15) is 28.8 Å². The number of hydrogen-bond donors (Lipinski definition) is 2. The van der Waals surface area contributed by atoms with Crippen LogP contribution in [0.15, 0.2) is 48.5 Å². The molecule has 1 saturated carbocycles. The van der Waals surface area contributed by atoms with Gasteiger partial charge in [-0.15, -0.1) is 0 Å². The smallest absolute Gasteiger partial charge is 0.252 e. The Kier molecular flexibility index (Phi) is 4.38.